The summed E-state index contributed by atoms with van der Waals surface area (Å²) in [5.41, 5.74) is -0.184. The average molecular weight is 343 g/mol. The third kappa shape index (κ3) is 3.16. The molecule has 0 spiro atoms. The molecule has 0 aromatic heterocycles. The molecule has 0 N–H and O–H groups in total. The topological polar surface area (TPSA) is 72.7 Å². The number of rotatable bonds is 2. The highest BCUT2D eigenvalue weighted by molar-refractivity contribution is 9.10. The van der Waals surface area contributed by atoms with E-state index >= 15 is 0 Å². The molecule has 20 heavy (non-hydrogen) atoms. The van der Waals surface area contributed by atoms with Crippen LogP contribution in [0.25, 0.3) is 0 Å². The fourth-order valence-electron chi connectivity index (χ4n) is 2.16. The second kappa shape index (κ2) is 5.49. The molecule has 0 unspecified atom stereocenters. The zero-order chi connectivity index (χ0) is 14.9. The minimum atomic E-state index is -0.510. The van der Waals surface area contributed by atoms with Gasteiger partial charge in [0.15, 0.2) is 0 Å². The molecule has 0 bridgehead atoms. The summed E-state index contributed by atoms with van der Waals surface area (Å²) in [6.07, 6.45) is 0. The lowest BCUT2D eigenvalue weighted by Gasteiger charge is -2.38. The van der Waals surface area contributed by atoms with Gasteiger partial charge in [0.2, 0.25) is 0 Å². The largest absolute Gasteiger partial charge is 0.372 e. The fourth-order valence-corrected chi connectivity index (χ4v) is 2.55. The Hall–Kier alpha value is -1.47. The Morgan fingerprint density at radius 3 is 2.80 bits per heavy atom. The normalized spacial score (nSPS) is 17.9. The summed E-state index contributed by atoms with van der Waals surface area (Å²) in [7, 11) is 0. The standard InChI is InChI=1S/C13H15BrN2O4/c1-13(2)8-15(5-6-20-13)12(17)9-3-4-10(14)11(7-9)16(18)19/h3-4,7H,5-6,8H2,1-2H3. The third-order valence-corrected chi connectivity index (χ3v) is 3.77. The highest BCUT2D eigenvalue weighted by Gasteiger charge is 2.31. The summed E-state index contributed by atoms with van der Waals surface area (Å²) in [5, 5.41) is 10.9. The lowest BCUT2D eigenvalue weighted by atomic mass is 10.1. The van der Waals surface area contributed by atoms with E-state index in [-0.39, 0.29) is 11.6 Å². The van der Waals surface area contributed by atoms with Crippen molar-refractivity contribution in [3.05, 3.63) is 38.3 Å². The summed E-state index contributed by atoms with van der Waals surface area (Å²) in [6, 6.07) is 4.41. The zero-order valence-electron chi connectivity index (χ0n) is 11.3. The van der Waals surface area contributed by atoms with Crippen LogP contribution in [0.2, 0.25) is 0 Å². The Morgan fingerprint density at radius 2 is 2.20 bits per heavy atom. The van der Waals surface area contributed by atoms with Crippen molar-refractivity contribution in [2.45, 2.75) is 19.4 Å². The maximum Gasteiger partial charge on any atom is 0.284 e. The lowest BCUT2D eigenvalue weighted by Crippen LogP contribution is -2.50. The van der Waals surface area contributed by atoms with E-state index in [0.717, 1.165) is 0 Å². The first kappa shape index (κ1) is 14.9. The van der Waals surface area contributed by atoms with Crippen LogP contribution in [0, 0.1) is 10.1 Å². The number of nitro benzene ring substituents is 1. The summed E-state index contributed by atoms with van der Waals surface area (Å²) in [4.78, 5) is 24.5. The van der Waals surface area contributed by atoms with Crippen LogP contribution in [0.15, 0.2) is 22.7 Å². The number of morpholine rings is 1. The molecule has 0 saturated carbocycles. The average Bonchev–Trinajstić information content (AvgIpc) is 2.37. The van der Waals surface area contributed by atoms with Gasteiger partial charge >= 0.3 is 0 Å². The van der Waals surface area contributed by atoms with Gasteiger partial charge in [-0.1, -0.05) is 0 Å². The van der Waals surface area contributed by atoms with Crippen molar-refractivity contribution in [3.63, 3.8) is 0 Å². The number of benzene rings is 1. The number of nitrogens with zero attached hydrogens (tertiary/aromatic N) is 2. The number of ether oxygens (including phenoxy) is 1. The second-order valence-electron chi connectivity index (χ2n) is 5.26. The first-order valence-corrected chi connectivity index (χ1v) is 6.97. The first-order chi connectivity index (χ1) is 9.30. The van der Waals surface area contributed by atoms with Crippen LogP contribution in [-0.4, -0.2) is 41.0 Å². The molecule has 1 aliphatic heterocycles. The minimum Gasteiger partial charge on any atom is -0.372 e. The van der Waals surface area contributed by atoms with Crippen molar-refractivity contribution in [2.24, 2.45) is 0 Å². The van der Waals surface area contributed by atoms with E-state index in [1.165, 1.54) is 12.1 Å². The van der Waals surface area contributed by atoms with Crippen molar-refractivity contribution in [1.29, 1.82) is 0 Å². The first-order valence-electron chi connectivity index (χ1n) is 6.17. The molecule has 1 heterocycles. The molecule has 1 amide bonds. The van der Waals surface area contributed by atoms with Gasteiger partial charge in [0.25, 0.3) is 11.6 Å². The molecule has 6 nitrogen and oxygen atoms in total. The SMILES string of the molecule is CC1(C)CN(C(=O)c2ccc(Br)c([N+](=O)[O-])c2)CCO1. The summed E-state index contributed by atoms with van der Waals surface area (Å²) in [5.74, 6) is -0.211. The molecule has 1 saturated heterocycles. The van der Waals surface area contributed by atoms with Crippen LogP contribution in [0.1, 0.15) is 24.2 Å². The predicted octanol–water partition coefficient (Wildman–Crippen LogP) is 2.61. The zero-order valence-corrected chi connectivity index (χ0v) is 12.8. The highest BCUT2D eigenvalue weighted by Crippen LogP contribution is 2.27. The van der Waals surface area contributed by atoms with Crippen molar-refractivity contribution in [3.8, 4) is 0 Å². The molecule has 1 aromatic rings. The Kier molecular flexibility index (Phi) is 4.10. The lowest BCUT2D eigenvalue weighted by molar-refractivity contribution is -0.385. The molecule has 0 radical (unpaired) electrons. The molecule has 0 aliphatic carbocycles. The number of carbonyl (C=O) groups excluding carboxylic acids is 1. The fraction of sp³-hybridized carbons (Fsp3) is 0.462. The summed E-state index contributed by atoms with van der Waals surface area (Å²) < 4.78 is 5.92. The number of halogens is 1. The van der Waals surface area contributed by atoms with Gasteiger partial charge in [-0.15, -0.1) is 0 Å². The second-order valence-corrected chi connectivity index (χ2v) is 6.11. The maximum atomic E-state index is 12.4. The van der Waals surface area contributed by atoms with Crippen LogP contribution in [-0.2, 0) is 4.74 Å². The van der Waals surface area contributed by atoms with E-state index in [1.54, 1.807) is 11.0 Å². The van der Waals surface area contributed by atoms with Gasteiger partial charge in [0, 0.05) is 24.7 Å². The number of hydrogen-bond donors (Lipinski definition) is 0. The van der Waals surface area contributed by atoms with Gasteiger partial charge in [-0.25, -0.2) is 0 Å². The van der Waals surface area contributed by atoms with Crippen molar-refractivity contribution in [1.82, 2.24) is 4.90 Å². The van der Waals surface area contributed by atoms with Crippen LogP contribution in [0.4, 0.5) is 5.69 Å². The maximum absolute atomic E-state index is 12.4. The van der Waals surface area contributed by atoms with Gasteiger partial charge < -0.3 is 9.64 Å². The van der Waals surface area contributed by atoms with Gasteiger partial charge in [-0.05, 0) is 41.9 Å². The third-order valence-electron chi connectivity index (χ3n) is 3.10. The van der Waals surface area contributed by atoms with Crippen LogP contribution in [0.3, 0.4) is 0 Å². The van der Waals surface area contributed by atoms with Crippen molar-refractivity contribution in [2.75, 3.05) is 19.7 Å². The monoisotopic (exact) mass is 342 g/mol. The van der Waals surface area contributed by atoms with E-state index in [9.17, 15) is 14.9 Å². The van der Waals surface area contributed by atoms with Crippen molar-refractivity contribution >= 4 is 27.5 Å². The molecular weight excluding hydrogens is 328 g/mol. The molecule has 108 valence electrons. The molecule has 1 aromatic carbocycles. The minimum absolute atomic E-state index is 0.108. The molecule has 0 atom stereocenters. The highest BCUT2D eigenvalue weighted by atomic mass is 79.9. The summed E-state index contributed by atoms with van der Waals surface area (Å²) in [6.45, 7) is 5.26. The van der Waals surface area contributed by atoms with Crippen LogP contribution >= 0.6 is 15.9 Å². The Bertz CT molecular complexity index is 559. The van der Waals surface area contributed by atoms with Crippen molar-refractivity contribution < 1.29 is 14.5 Å². The van der Waals surface area contributed by atoms with E-state index in [2.05, 4.69) is 15.9 Å². The molecule has 2 rings (SSSR count). The van der Waals surface area contributed by atoms with Gasteiger partial charge in [-0.3, -0.25) is 14.9 Å². The smallest absolute Gasteiger partial charge is 0.284 e. The van der Waals surface area contributed by atoms with E-state index in [4.69, 9.17) is 4.74 Å². The van der Waals surface area contributed by atoms with Gasteiger partial charge in [0.1, 0.15) is 0 Å². The van der Waals surface area contributed by atoms with Crippen LogP contribution < -0.4 is 0 Å². The van der Waals surface area contributed by atoms with E-state index in [0.29, 0.717) is 29.7 Å². The number of carbonyl (C=O) groups is 1. The van der Waals surface area contributed by atoms with Gasteiger partial charge in [-0.2, -0.15) is 0 Å². The Balaban J connectivity index is 2.25. The van der Waals surface area contributed by atoms with Crippen LogP contribution in [0.5, 0.6) is 0 Å². The quantitative estimate of drug-likeness (QED) is 0.611. The molecular formula is C13H15BrN2O4. The Morgan fingerprint density at radius 1 is 1.50 bits per heavy atom. The predicted molar refractivity (Wildman–Crippen MR) is 76.7 cm³/mol. The molecule has 1 aliphatic rings. The number of nitro groups is 1. The van der Waals surface area contributed by atoms with E-state index in [1.807, 2.05) is 13.8 Å². The Labute approximate surface area is 125 Å². The van der Waals surface area contributed by atoms with Gasteiger partial charge in [0.05, 0.1) is 21.6 Å². The summed E-state index contributed by atoms with van der Waals surface area (Å²) >= 11 is 3.11. The number of amides is 1. The van der Waals surface area contributed by atoms with E-state index < -0.39 is 10.5 Å². The molecule has 7 heteroatoms. The number of hydrogen-bond acceptors (Lipinski definition) is 4. The molecule has 1 fully saturated rings.